The number of carbonyl (C=O) groups excluding carboxylic acids is 1. The van der Waals surface area contributed by atoms with E-state index >= 15 is 0 Å². The minimum absolute atomic E-state index is 0.0139. The van der Waals surface area contributed by atoms with E-state index in [2.05, 4.69) is 57.1 Å². The number of hydrogen-bond donors (Lipinski definition) is 0. The first-order valence-electron chi connectivity index (χ1n) is 22.3. The fraction of sp³-hybridized carbons (Fsp3) is 0.771. The van der Waals surface area contributed by atoms with Gasteiger partial charge in [0, 0.05) is 12.5 Å². The van der Waals surface area contributed by atoms with Crippen LogP contribution in [0.15, 0.2) is 54.6 Å². The summed E-state index contributed by atoms with van der Waals surface area (Å²) in [5, 5.41) is 0. The molecule has 0 saturated heterocycles. The summed E-state index contributed by atoms with van der Waals surface area (Å²) in [6.45, 7) is 5.55. The Morgan fingerprint density at radius 1 is 0.529 bits per heavy atom. The molecule has 0 spiro atoms. The SMILES string of the molecule is CCCCCCCC/C=C\CCCCCCCCC(CN(C)C)C(CCCCCCCC/C=C\CCCCCCCC)OC(=O)c1ccccc1. The molecule has 1 aromatic rings. The van der Waals surface area contributed by atoms with Gasteiger partial charge in [0.05, 0.1) is 5.56 Å². The van der Waals surface area contributed by atoms with Crippen molar-refractivity contribution in [1.29, 1.82) is 0 Å². The van der Waals surface area contributed by atoms with Crippen LogP contribution in [0.25, 0.3) is 0 Å². The molecule has 0 heterocycles. The lowest BCUT2D eigenvalue weighted by molar-refractivity contribution is 0.00418. The molecule has 0 fully saturated rings. The number of nitrogens with zero attached hydrogens (tertiary/aromatic N) is 1. The van der Waals surface area contributed by atoms with E-state index in [4.69, 9.17) is 4.74 Å². The number of unbranched alkanes of at least 4 members (excludes halogenated alkanes) is 24. The van der Waals surface area contributed by atoms with Gasteiger partial charge in [-0.1, -0.05) is 178 Å². The van der Waals surface area contributed by atoms with Gasteiger partial charge < -0.3 is 9.64 Å². The second-order valence-electron chi connectivity index (χ2n) is 15.8. The third-order valence-electron chi connectivity index (χ3n) is 10.5. The van der Waals surface area contributed by atoms with Crippen molar-refractivity contribution in [3.05, 3.63) is 60.2 Å². The Balaban J connectivity index is 2.36. The highest BCUT2D eigenvalue weighted by Gasteiger charge is 2.26. The van der Waals surface area contributed by atoms with E-state index in [1.807, 2.05) is 30.3 Å². The zero-order chi connectivity index (χ0) is 36.9. The summed E-state index contributed by atoms with van der Waals surface area (Å²) in [5.74, 6) is 0.225. The average molecular weight is 708 g/mol. The van der Waals surface area contributed by atoms with Gasteiger partial charge in [0.2, 0.25) is 0 Å². The van der Waals surface area contributed by atoms with Gasteiger partial charge in [-0.25, -0.2) is 4.79 Å². The van der Waals surface area contributed by atoms with Crippen LogP contribution in [0.2, 0.25) is 0 Å². The van der Waals surface area contributed by atoms with Gasteiger partial charge in [-0.05, 0) is 96.9 Å². The third-order valence-corrected chi connectivity index (χ3v) is 10.5. The number of hydrogen-bond acceptors (Lipinski definition) is 3. The molecule has 1 aromatic carbocycles. The Bertz CT molecular complexity index is 922. The number of carbonyl (C=O) groups is 1. The van der Waals surface area contributed by atoms with Crippen molar-refractivity contribution < 1.29 is 9.53 Å². The summed E-state index contributed by atoms with van der Waals surface area (Å²) >= 11 is 0. The number of allylic oxidation sites excluding steroid dienone is 4. The molecule has 294 valence electrons. The van der Waals surface area contributed by atoms with E-state index in [0.29, 0.717) is 11.5 Å². The first-order valence-corrected chi connectivity index (χ1v) is 22.3. The van der Waals surface area contributed by atoms with Gasteiger partial charge in [-0.2, -0.15) is 0 Å². The summed E-state index contributed by atoms with van der Waals surface area (Å²) in [7, 11) is 4.32. The van der Waals surface area contributed by atoms with Crippen LogP contribution in [-0.4, -0.2) is 37.6 Å². The first-order chi connectivity index (χ1) is 25.1. The fourth-order valence-electron chi connectivity index (χ4n) is 7.28. The normalized spacial score (nSPS) is 13.1. The Morgan fingerprint density at radius 3 is 1.31 bits per heavy atom. The van der Waals surface area contributed by atoms with Crippen molar-refractivity contribution in [2.24, 2.45) is 5.92 Å². The maximum absolute atomic E-state index is 13.2. The van der Waals surface area contributed by atoms with Crippen LogP contribution in [0.1, 0.15) is 217 Å². The summed E-state index contributed by atoms with van der Waals surface area (Å²) < 4.78 is 6.32. The average Bonchev–Trinajstić information content (AvgIpc) is 3.13. The van der Waals surface area contributed by atoms with Crippen LogP contribution in [0.4, 0.5) is 0 Å². The minimum atomic E-state index is -0.157. The number of esters is 1. The minimum Gasteiger partial charge on any atom is -0.458 e. The zero-order valence-corrected chi connectivity index (χ0v) is 34.5. The molecule has 3 heteroatoms. The lowest BCUT2D eigenvalue weighted by Gasteiger charge is -2.30. The molecule has 0 aromatic heterocycles. The van der Waals surface area contributed by atoms with Crippen molar-refractivity contribution in [1.82, 2.24) is 4.90 Å². The zero-order valence-electron chi connectivity index (χ0n) is 34.5. The van der Waals surface area contributed by atoms with Gasteiger partial charge in [0.1, 0.15) is 6.10 Å². The van der Waals surface area contributed by atoms with Crippen molar-refractivity contribution >= 4 is 5.97 Å². The molecule has 0 aliphatic heterocycles. The van der Waals surface area contributed by atoms with Gasteiger partial charge in [-0.15, -0.1) is 0 Å². The number of benzene rings is 1. The summed E-state index contributed by atoms with van der Waals surface area (Å²) in [6.07, 6.45) is 48.8. The van der Waals surface area contributed by atoms with Crippen LogP contribution >= 0.6 is 0 Å². The maximum Gasteiger partial charge on any atom is 0.338 e. The van der Waals surface area contributed by atoms with E-state index in [0.717, 1.165) is 25.8 Å². The number of rotatable bonds is 37. The van der Waals surface area contributed by atoms with Crippen molar-refractivity contribution in [2.45, 2.75) is 213 Å². The number of ether oxygens (including phenoxy) is 1. The highest BCUT2D eigenvalue weighted by Crippen LogP contribution is 2.25. The van der Waals surface area contributed by atoms with Crippen molar-refractivity contribution in [3.8, 4) is 0 Å². The smallest absolute Gasteiger partial charge is 0.338 e. The molecule has 3 nitrogen and oxygen atoms in total. The lowest BCUT2D eigenvalue weighted by atomic mass is 9.90. The third kappa shape index (κ3) is 30.3. The van der Waals surface area contributed by atoms with E-state index < -0.39 is 0 Å². The Morgan fingerprint density at radius 2 is 0.902 bits per heavy atom. The molecule has 0 aliphatic carbocycles. The molecule has 0 radical (unpaired) electrons. The van der Waals surface area contributed by atoms with Crippen LogP contribution in [0.5, 0.6) is 0 Å². The molecule has 2 unspecified atom stereocenters. The summed E-state index contributed by atoms with van der Waals surface area (Å²) in [6, 6.07) is 9.59. The second-order valence-corrected chi connectivity index (χ2v) is 15.8. The van der Waals surface area contributed by atoms with Gasteiger partial charge in [0.25, 0.3) is 0 Å². The molecule has 51 heavy (non-hydrogen) atoms. The molecule has 0 aliphatic rings. The molecule has 0 amide bonds. The predicted molar refractivity (Wildman–Crippen MR) is 226 cm³/mol. The largest absolute Gasteiger partial charge is 0.458 e. The van der Waals surface area contributed by atoms with Crippen LogP contribution in [0.3, 0.4) is 0 Å². The molecule has 1 rings (SSSR count). The Labute approximate surface area is 318 Å². The maximum atomic E-state index is 13.2. The Hall–Kier alpha value is -1.87. The van der Waals surface area contributed by atoms with Crippen LogP contribution < -0.4 is 0 Å². The summed E-state index contributed by atoms with van der Waals surface area (Å²) in [4.78, 5) is 15.5. The van der Waals surface area contributed by atoms with E-state index in [-0.39, 0.29) is 12.1 Å². The Kier molecular flexibility index (Phi) is 33.7. The first kappa shape index (κ1) is 47.2. The quantitative estimate of drug-likeness (QED) is 0.0392. The fourth-order valence-corrected chi connectivity index (χ4v) is 7.28. The van der Waals surface area contributed by atoms with Crippen molar-refractivity contribution in [2.75, 3.05) is 20.6 Å². The highest BCUT2D eigenvalue weighted by molar-refractivity contribution is 5.89. The van der Waals surface area contributed by atoms with Gasteiger partial charge in [-0.3, -0.25) is 0 Å². The van der Waals surface area contributed by atoms with Gasteiger partial charge in [0.15, 0.2) is 0 Å². The molecule has 0 saturated carbocycles. The molecule has 2 atom stereocenters. The van der Waals surface area contributed by atoms with E-state index in [1.54, 1.807) is 0 Å². The van der Waals surface area contributed by atoms with Crippen LogP contribution in [0, 0.1) is 5.92 Å². The second kappa shape index (κ2) is 36.5. The van der Waals surface area contributed by atoms with Crippen LogP contribution in [-0.2, 0) is 4.74 Å². The predicted octanol–water partition coefficient (Wildman–Crippen LogP) is 15.2. The monoisotopic (exact) mass is 708 g/mol. The standard InChI is InChI=1S/C48H85NO2/c1-5-7-9-11-13-15-17-19-21-23-25-27-29-31-33-36-42-46(44-49(3)4)47(51-48(50)45-40-37-35-38-41-45)43-39-34-32-30-28-26-24-22-20-18-16-14-12-10-8-6-2/h19-22,35,37-38,40-41,46-47H,5-18,23-34,36,39,42-44H2,1-4H3/b21-19-,22-20-. The molecule has 0 bridgehead atoms. The topological polar surface area (TPSA) is 29.5 Å². The molecular formula is C48H85NO2. The molecular weight excluding hydrogens is 623 g/mol. The highest BCUT2D eigenvalue weighted by atomic mass is 16.5. The van der Waals surface area contributed by atoms with Gasteiger partial charge >= 0.3 is 5.97 Å². The van der Waals surface area contributed by atoms with Crippen molar-refractivity contribution in [3.63, 3.8) is 0 Å². The van der Waals surface area contributed by atoms with E-state index in [9.17, 15) is 4.79 Å². The molecule has 0 N–H and O–H groups in total. The lowest BCUT2D eigenvalue weighted by Crippen LogP contribution is -2.34. The van der Waals surface area contributed by atoms with E-state index in [1.165, 1.54) is 173 Å². The summed E-state index contributed by atoms with van der Waals surface area (Å²) in [5.41, 5.74) is 0.671.